The highest BCUT2D eigenvalue weighted by Crippen LogP contribution is 2.12. The molecule has 0 aromatic heterocycles. The summed E-state index contributed by atoms with van der Waals surface area (Å²) in [6, 6.07) is 4.74. The van der Waals surface area contributed by atoms with Crippen LogP contribution in [0.1, 0.15) is 26.3 Å². The molecule has 1 rings (SSSR count). The van der Waals surface area contributed by atoms with Crippen LogP contribution in [-0.2, 0) is 10.0 Å². The standard InChI is InChI=1S/C11H18BNO3S/c1-8-5-6-9(7-10(8)12-14)17(15,16)13-11(2,3)4/h5-7,12-14H,1-4H3. The Bertz CT molecular complexity index is 506. The lowest BCUT2D eigenvalue weighted by Gasteiger charge is -2.20. The number of aryl methyl sites for hydroxylation is 1. The second-order valence-electron chi connectivity index (χ2n) is 5.10. The largest absolute Gasteiger partial charge is 0.449 e. The van der Waals surface area contributed by atoms with Gasteiger partial charge in [0.2, 0.25) is 10.0 Å². The van der Waals surface area contributed by atoms with E-state index in [0.29, 0.717) is 5.46 Å². The van der Waals surface area contributed by atoms with E-state index in [-0.39, 0.29) is 12.4 Å². The van der Waals surface area contributed by atoms with Gasteiger partial charge >= 0.3 is 7.48 Å². The summed E-state index contributed by atoms with van der Waals surface area (Å²) in [6.07, 6.45) is 0. The van der Waals surface area contributed by atoms with Crippen molar-refractivity contribution in [1.82, 2.24) is 4.72 Å². The van der Waals surface area contributed by atoms with Crippen LogP contribution in [0, 0.1) is 6.92 Å². The van der Waals surface area contributed by atoms with Gasteiger partial charge in [-0.15, -0.1) is 0 Å². The van der Waals surface area contributed by atoms with Gasteiger partial charge in [-0.3, -0.25) is 0 Å². The van der Waals surface area contributed by atoms with Gasteiger partial charge in [0.1, 0.15) is 0 Å². The molecule has 0 amide bonds. The van der Waals surface area contributed by atoms with Crippen LogP contribution >= 0.6 is 0 Å². The van der Waals surface area contributed by atoms with Gasteiger partial charge in [0.05, 0.1) is 4.90 Å². The number of hydrogen-bond donors (Lipinski definition) is 2. The molecule has 0 radical (unpaired) electrons. The zero-order valence-electron chi connectivity index (χ0n) is 10.6. The predicted octanol–water partition coefficient (Wildman–Crippen LogP) is 0.0409. The molecule has 0 fully saturated rings. The first-order chi connectivity index (χ1) is 7.65. The van der Waals surface area contributed by atoms with E-state index >= 15 is 0 Å². The van der Waals surface area contributed by atoms with Crippen LogP contribution in [0.2, 0.25) is 0 Å². The van der Waals surface area contributed by atoms with Crippen molar-refractivity contribution in [3.05, 3.63) is 23.8 Å². The first-order valence-electron chi connectivity index (χ1n) is 5.40. The molecule has 0 aliphatic heterocycles. The number of sulfonamides is 1. The van der Waals surface area contributed by atoms with Crippen LogP contribution in [-0.4, -0.2) is 26.5 Å². The van der Waals surface area contributed by atoms with Crippen LogP contribution in [0.25, 0.3) is 0 Å². The van der Waals surface area contributed by atoms with Gasteiger partial charge in [0.15, 0.2) is 0 Å². The topological polar surface area (TPSA) is 66.4 Å². The fourth-order valence-electron chi connectivity index (χ4n) is 1.45. The Hall–Kier alpha value is -0.845. The van der Waals surface area contributed by atoms with Gasteiger partial charge in [-0.2, -0.15) is 0 Å². The van der Waals surface area contributed by atoms with Gasteiger partial charge in [-0.05, 0) is 45.3 Å². The smallest absolute Gasteiger partial charge is 0.305 e. The van der Waals surface area contributed by atoms with Gasteiger partial charge < -0.3 is 5.02 Å². The highest BCUT2D eigenvalue weighted by molar-refractivity contribution is 7.89. The monoisotopic (exact) mass is 255 g/mol. The number of hydrogen-bond acceptors (Lipinski definition) is 3. The number of benzene rings is 1. The molecular weight excluding hydrogens is 237 g/mol. The lowest BCUT2D eigenvalue weighted by atomic mass is 9.85. The molecule has 0 atom stereocenters. The van der Waals surface area contributed by atoms with E-state index < -0.39 is 15.6 Å². The fraction of sp³-hybridized carbons (Fsp3) is 0.455. The summed E-state index contributed by atoms with van der Waals surface area (Å²) < 4.78 is 26.6. The predicted molar refractivity (Wildman–Crippen MR) is 70.3 cm³/mol. The van der Waals surface area contributed by atoms with Gasteiger partial charge in [0.25, 0.3) is 0 Å². The van der Waals surface area contributed by atoms with Crippen LogP contribution in [0.4, 0.5) is 0 Å². The summed E-state index contributed by atoms with van der Waals surface area (Å²) >= 11 is 0. The molecule has 0 unspecified atom stereocenters. The van der Waals surface area contributed by atoms with E-state index in [2.05, 4.69) is 4.72 Å². The minimum absolute atomic E-state index is 0.162. The van der Waals surface area contributed by atoms with Crippen molar-refractivity contribution in [3.8, 4) is 0 Å². The Morgan fingerprint density at radius 1 is 1.29 bits per heavy atom. The Morgan fingerprint density at radius 3 is 2.35 bits per heavy atom. The molecule has 0 aliphatic carbocycles. The molecule has 0 spiro atoms. The maximum Gasteiger partial charge on any atom is 0.305 e. The van der Waals surface area contributed by atoms with E-state index in [4.69, 9.17) is 5.02 Å². The van der Waals surface area contributed by atoms with Crippen molar-refractivity contribution in [2.24, 2.45) is 0 Å². The molecule has 0 saturated heterocycles. The average molecular weight is 255 g/mol. The van der Waals surface area contributed by atoms with Crippen LogP contribution in [0.3, 0.4) is 0 Å². The van der Waals surface area contributed by atoms with Crippen molar-refractivity contribution in [2.75, 3.05) is 0 Å². The highest BCUT2D eigenvalue weighted by atomic mass is 32.2. The Kier molecular flexibility index (Phi) is 4.01. The highest BCUT2D eigenvalue weighted by Gasteiger charge is 2.22. The molecular formula is C11H18BNO3S. The summed E-state index contributed by atoms with van der Waals surface area (Å²) in [6.45, 7) is 7.18. The van der Waals surface area contributed by atoms with Crippen molar-refractivity contribution >= 4 is 23.0 Å². The van der Waals surface area contributed by atoms with E-state index in [1.54, 1.807) is 32.9 Å². The van der Waals surface area contributed by atoms with Crippen LogP contribution in [0.15, 0.2) is 23.1 Å². The molecule has 6 heteroatoms. The molecule has 0 saturated carbocycles. The summed E-state index contributed by atoms with van der Waals surface area (Å²) in [5.74, 6) is 0. The minimum Gasteiger partial charge on any atom is -0.449 e. The quantitative estimate of drug-likeness (QED) is 0.749. The lowest BCUT2D eigenvalue weighted by Crippen LogP contribution is -2.40. The second kappa shape index (κ2) is 4.80. The minimum atomic E-state index is -3.53. The second-order valence-corrected chi connectivity index (χ2v) is 6.78. The third-order valence-electron chi connectivity index (χ3n) is 2.24. The maximum atomic E-state index is 12.0. The summed E-state index contributed by atoms with van der Waals surface area (Å²) in [5, 5.41) is 9.13. The SMILES string of the molecule is Cc1ccc(S(=O)(=O)NC(C)(C)C)cc1BO. The molecule has 1 aromatic rings. The average Bonchev–Trinajstić information content (AvgIpc) is 2.14. The zero-order valence-corrected chi connectivity index (χ0v) is 11.4. The summed E-state index contributed by atoms with van der Waals surface area (Å²) in [7, 11) is -3.69. The van der Waals surface area contributed by atoms with E-state index in [1.165, 1.54) is 6.07 Å². The molecule has 0 aliphatic rings. The first-order valence-corrected chi connectivity index (χ1v) is 6.88. The normalized spacial score (nSPS) is 12.5. The molecule has 1 aromatic carbocycles. The Balaban J connectivity index is 3.16. The van der Waals surface area contributed by atoms with Crippen LogP contribution < -0.4 is 10.2 Å². The number of rotatable bonds is 3. The Morgan fingerprint density at radius 2 is 1.88 bits per heavy atom. The zero-order chi connectivity index (χ0) is 13.3. The summed E-state index contributed by atoms with van der Waals surface area (Å²) in [4.78, 5) is 0.182. The molecule has 0 bridgehead atoms. The molecule has 4 nitrogen and oxygen atoms in total. The van der Waals surface area contributed by atoms with Crippen LogP contribution in [0.5, 0.6) is 0 Å². The van der Waals surface area contributed by atoms with Crippen molar-refractivity contribution in [2.45, 2.75) is 38.1 Å². The third-order valence-corrected chi connectivity index (χ3v) is 4.00. The van der Waals surface area contributed by atoms with Gasteiger partial charge in [-0.25, -0.2) is 13.1 Å². The maximum absolute atomic E-state index is 12.0. The lowest BCUT2D eigenvalue weighted by molar-refractivity contribution is 0.491. The van der Waals surface area contributed by atoms with E-state index in [0.717, 1.165) is 5.56 Å². The molecule has 2 N–H and O–H groups in total. The molecule has 0 heterocycles. The van der Waals surface area contributed by atoms with E-state index in [9.17, 15) is 8.42 Å². The third kappa shape index (κ3) is 3.83. The fourth-order valence-corrected chi connectivity index (χ4v) is 2.92. The molecule has 94 valence electrons. The van der Waals surface area contributed by atoms with Crippen molar-refractivity contribution < 1.29 is 13.4 Å². The molecule has 17 heavy (non-hydrogen) atoms. The summed E-state index contributed by atoms with van der Waals surface area (Å²) in [5.41, 5.74) is 0.979. The van der Waals surface area contributed by atoms with Crippen molar-refractivity contribution in [1.29, 1.82) is 0 Å². The van der Waals surface area contributed by atoms with Gasteiger partial charge in [0, 0.05) is 5.54 Å². The first kappa shape index (κ1) is 14.2. The van der Waals surface area contributed by atoms with Crippen molar-refractivity contribution in [3.63, 3.8) is 0 Å². The Labute approximate surface area is 103 Å². The number of nitrogens with one attached hydrogen (secondary N) is 1. The van der Waals surface area contributed by atoms with Gasteiger partial charge in [-0.1, -0.05) is 11.6 Å². The van der Waals surface area contributed by atoms with E-state index in [1.807, 2.05) is 6.92 Å².